The van der Waals surface area contributed by atoms with Crippen molar-refractivity contribution in [3.63, 3.8) is 0 Å². The van der Waals surface area contributed by atoms with Gasteiger partial charge in [0.25, 0.3) is 5.91 Å². The van der Waals surface area contributed by atoms with Crippen molar-refractivity contribution in [2.45, 2.75) is 13.0 Å². The van der Waals surface area contributed by atoms with E-state index in [0.717, 1.165) is 11.3 Å². The number of fused-ring (bicyclic) bond motifs is 1. The molecule has 2 aromatic carbocycles. The molecule has 7 nitrogen and oxygen atoms in total. The zero-order valence-corrected chi connectivity index (χ0v) is 15.6. The number of anilines is 2. The monoisotopic (exact) mass is 369 g/mol. The molecular formula is C20H23N3O4. The van der Waals surface area contributed by atoms with Crippen LogP contribution in [0.4, 0.5) is 11.4 Å². The van der Waals surface area contributed by atoms with Crippen LogP contribution in [0, 0.1) is 6.92 Å². The van der Waals surface area contributed by atoms with Crippen molar-refractivity contribution in [3.8, 4) is 11.5 Å². The van der Waals surface area contributed by atoms with Crippen molar-refractivity contribution in [2.24, 2.45) is 0 Å². The van der Waals surface area contributed by atoms with Gasteiger partial charge in [-0.25, -0.2) is 0 Å². The molecule has 0 radical (unpaired) electrons. The summed E-state index contributed by atoms with van der Waals surface area (Å²) in [5.74, 6) is 0.749. The smallest absolute Gasteiger partial charge is 0.262 e. The molecule has 2 N–H and O–H groups in total. The number of rotatable bonds is 5. The van der Waals surface area contributed by atoms with Gasteiger partial charge in [-0.3, -0.25) is 9.59 Å². The average molecular weight is 369 g/mol. The number of hydrogen-bond donors (Lipinski definition) is 2. The first kappa shape index (κ1) is 18.6. The molecule has 27 heavy (non-hydrogen) atoms. The van der Waals surface area contributed by atoms with Gasteiger partial charge in [-0.2, -0.15) is 0 Å². The van der Waals surface area contributed by atoms with E-state index in [-0.39, 0.29) is 24.9 Å². The van der Waals surface area contributed by atoms with Crippen LogP contribution < -0.4 is 25.0 Å². The number of hydrogen-bond acceptors (Lipinski definition) is 5. The Morgan fingerprint density at radius 1 is 1.26 bits per heavy atom. The van der Waals surface area contributed by atoms with Crippen molar-refractivity contribution in [1.82, 2.24) is 5.32 Å². The lowest BCUT2D eigenvalue weighted by Gasteiger charge is -2.35. The van der Waals surface area contributed by atoms with Gasteiger partial charge in [-0.15, -0.1) is 0 Å². The highest BCUT2D eigenvalue weighted by atomic mass is 16.5. The van der Waals surface area contributed by atoms with Crippen molar-refractivity contribution in [1.29, 1.82) is 0 Å². The Morgan fingerprint density at radius 3 is 2.78 bits per heavy atom. The topological polar surface area (TPSA) is 79.9 Å². The van der Waals surface area contributed by atoms with Crippen LogP contribution in [0.3, 0.4) is 0 Å². The maximum Gasteiger partial charge on any atom is 0.262 e. The van der Waals surface area contributed by atoms with Crippen LogP contribution in [0.1, 0.15) is 5.56 Å². The fraction of sp³-hybridized carbons (Fsp3) is 0.300. The number of carbonyl (C=O) groups excluding carboxylic acids is 2. The maximum absolute atomic E-state index is 12.7. The molecule has 1 aliphatic rings. The molecule has 0 aliphatic carbocycles. The number of carbonyl (C=O) groups is 2. The van der Waals surface area contributed by atoms with Crippen molar-refractivity contribution >= 4 is 23.2 Å². The Bertz CT molecular complexity index is 853. The van der Waals surface area contributed by atoms with Crippen LogP contribution >= 0.6 is 0 Å². The van der Waals surface area contributed by atoms with Gasteiger partial charge in [0.15, 0.2) is 6.10 Å². The molecule has 142 valence electrons. The highest BCUT2D eigenvalue weighted by Gasteiger charge is 2.31. The summed E-state index contributed by atoms with van der Waals surface area (Å²) in [4.78, 5) is 26.6. The molecule has 3 rings (SSSR count). The quantitative estimate of drug-likeness (QED) is 0.842. The molecule has 0 saturated carbocycles. The lowest BCUT2D eigenvalue weighted by molar-refractivity contribution is -0.127. The first-order valence-electron chi connectivity index (χ1n) is 8.68. The number of amides is 2. The lowest BCUT2D eigenvalue weighted by Crippen LogP contribution is -2.50. The highest BCUT2D eigenvalue weighted by molar-refractivity contribution is 5.96. The largest absolute Gasteiger partial charge is 0.495 e. The molecule has 0 bridgehead atoms. The van der Waals surface area contributed by atoms with Crippen LogP contribution in [0.2, 0.25) is 0 Å². The fourth-order valence-electron chi connectivity index (χ4n) is 3.04. The standard InChI is InChI=1S/C20H23N3O4/c1-13-8-9-16(26-3)14(10-13)22-19(24)12-23-11-18(20(25)21-2)27-17-7-5-4-6-15(17)23/h4-10,18H,11-12H2,1-3H3,(H,21,25)(H,22,24)/t18-/m1/s1. The van der Waals surface area contributed by atoms with E-state index in [1.165, 1.54) is 0 Å². The molecule has 0 fully saturated rings. The van der Waals surface area contributed by atoms with E-state index >= 15 is 0 Å². The summed E-state index contributed by atoms with van der Waals surface area (Å²) < 4.78 is 11.1. The maximum atomic E-state index is 12.7. The number of para-hydroxylation sites is 2. The number of ether oxygens (including phenoxy) is 2. The average Bonchev–Trinajstić information content (AvgIpc) is 2.67. The SMILES string of the molecule is CNC(=O)[C@H]1CN(CC(=O)Nc2cc(C)ccc2OC)c2ccccc2O1. The van der Waals surface area contributed by atoms with Gasteiger partial charge in [-0.05, 0) is 36.8 Å². The van der Waals surface area contributed by atoms with Gasteiger partial charge in [0.05, 0.1) is 31.6 Å². The molecule has 1 heterocycles. The Hall–Kier alpha value is -3.22. The molecule has 1 atom stereocenters. The Morgan fingerprint density at radius 2 is 2.04 bits per heavy atom. The fourth-order valence-corrected chi connectivity index (χ4v) is 3.04. The zero-order valence-electron chi connectivity index (χ0n) is 15.6. The summed E-state index contributed by atoms with van der Waals surface area (Å²) in [6, 6.07) is 13.0. The number of nitrogens with zero attached hydrogens (tertiary/aromatic N) is 1. The lowest BCUT2D eigenvalue weighted by atomic mass is 10.1. The van der Waals surface area contributed by atoms with E-state index in [9.17, 15) is 9.59 Å². The third-order valence-corrected chi connectivity index (χ3v) is 4.36. The van der Waals surface area contributed by atoms with E-state index < -0.39 is 6.10 Å². The molecule has 0 unspecified atom stereocenters. The minimum absolute atomic E-state index is 0.0883. The summed E-state index contributed by atoms with van der Waals surface area (Å²) >= 11 is 0. The van der Waals surface area contributed by atoms with E-state index in [1.807, 2.05) is 48.2 Å². The minimum atomic E-state index is -0.675. The highest BCUT2D eigenvalue weighted by Crippen LogP contribution is 2.33. The molecule has 7 heteroatoms. The summed E-state index contributed by atoms with van der Waals surface area (Å²) in [5, 5.41) is 5.48. The van der Waals surface area contributed by atoms with E-state index in [1.54, 1.807) is 20.2 Å². The van der Waals surface area contributed by atoms with Crippen molar-refractivity contribution in [3.05, 3.63) is 48.0 Å². The molecule has 2 amide bonds. The van der Waals surface area contributed by atoms with Crippen LogP contribution in [0.5, 0.6) is 11.5 Å². The van der Waals surface area contributed by atoms with Crippen LogP contribution in [0.25, 0.3) is 0 Å². The number of likely N-dealkylation sites (N-methyl/N-ethyl adjacent to an activating group) is 1. The van der Waals surface area contributed by atoms with Gasteiger partial charge in [0.1, 0.15) is 11.5 Å². The molecule has 2 aromatic rings. The first-order valence-corrected chi connectivity index (χ1v) is 8.68. The molecule has 0 spiro atoms. The van der Waals surface area contributed by atoms with Crippen molar-refractivity contribution in [2.75, 3.05) is 37.5 Å². The third-order valence-electron chi connectivity index (χ3n) is 4.36. The van der Waals surface area contributed by atoms with E-state index in [4.69, 9.17) is 9.47 Å². The molecule has 0 saturated heterocycles. The first-order chi connectivity index (χ1) is 13.0. The summed E-state index contributed by atoms with van der Waals surface area (Å²) in [6.07, 6.45) is -0.675. The summed E-state index contributed by atoms with van der Waals surface area (Å²) in [7, 11) is 3.12. The predicted octanol–water partition coefficient (Wildman–Crippen LogP) is 1.96. The second kappa shape index (κ2) is 7.99. The molecule has 0 aromatic heterocycles. The second-order valence-electron chi connectivity index (χ2n) is 6.32. The minimum Gasteiger partial charge on any atom is -0.495 e. The van der Waals surface area contributed by atoms with Gasteiger partial charge >= 0.3 is 0 Å². The van der Waals surface area contributed by atoms with Gasteiger partial charge in [0.2, 0.25) is 5.91 Å². The Balaban J connectivity index is 1.78. The van der Waals surface area contributed by atoms with Gasteiger partial charge in [-0.1, -0.05) is 18.2 Å². The molecular weight excluding hydrogens is 346 g/mol. The Kier molecular flexibility index (Phi) is 5.49. The molecule has 1 aliphatic heterocycles. The van der Waals surface area contributed by atoms with Crippen LogP contribution in [0.15, 0.2) is 42.5 Å². The second-order valence-corrected chi connectivity index (χ2v) is 6.32. The third kappa shape index (κ3) is 4.13. The van der Waals surface area contributed by atoms with E-state index in [0.29, 0.717) is 17.2 Å². The normalized spacial score (nSPS) is 15.4. The van der Waals surface area contributed by atoms with E-state index in [2.05, 4.69) is 10.6 Å². The Labute approximate surface area is 158 Å². The number of methoxy groups -OCH3 is 1. The van der Waals surface area contributed by atoms with Gasteiger partial charge in [0, 0.05) is 7.05 Å². The summed E-state index contributed by atoms with van der Waals surface area (Å²) in [5.41, 5.74) is 2.42. The van der Waals surface area contributed by atoms with Gasteiger partial charge < -0.3 is 25.0 Å². The zero-order chi connectivity index (χ0) is 19.4. The number of aryl methyl sites for hydroxylation is 1. The van der Waals surface area contributed by atoms with Crippen LogP contribution in [-0.4, -0.2) is 45.2 Å². The number of benzene rings is 2. The number of nitrogens with one attached hydrogen (secondary N) is 2. The predicted molar refractivity (Wildman–Crippen MR) is 103 cm³/mol. The summed E-state index contributed by atoms with van der Waals surface area (Å²) in [6.45, 7) is 2.32. The van der Waals surface area contributed by atoms with Crippen LogP contribution in [-0.2, 0) is 9.59 Å². The van der Waals surface area contributed by atoms with Crippen molar-refractivity contribution < 1.29 is 19.1 Å².